The monoisotopic (exact) mass is 328 g/mol. The largest absolute Gasteiger partial charge is 0.497 e. The average Bonchev–Trinajstić information content (AvgIpc) is 3.30. The van der Waals surface area contributed by atoms with Gasteiger partial charge in [-0.25, -0.2) is 0 Å². The first kappa shape index (κ1) is 15.5. The zero-order valence-electron chi connectivity index (χ0n) is 14.1. The van der Waals surface area contributed by atoms with E-state index in [4.69, 9.17) is 9.47 Å². The Morgan fingerprint density at radius 3 is 2.79 bits per heavy atom. The van der Waals surface area contributed by atoms with Crippen LogP contribution >= 0.6 is 0 Å². The number of fused-ring (bicyclic) bond motifs is 1. The number of aromatic nitrogens is 1. The Morgan fingerprint density at radius 1 is 1.25 bits per heavy atom. The molecule has 0 bridgehead atoms. The van der Waals surface area contributed by atoms with E-state index in [0.717, 1.165) is 56.6 Å². The first-order chi connectivity index (χ1) is 11.7. The maximum Gasteiger partial charge on any atom is 0.251 e. The molecule has 2 saturated heterocycles. The summed E-state index contributed by atoms with van der Waals surface area (Å²) in [6, 6.07) is 8.32. The van der Waals surface area contributed by atoms with E-state index in [1.165, 1.54) is 11.1 Å². The molecule has 1 N–H and O–H groups in total. The van der Waals surface area contributed by atoms with Gasteiger partial charge in [-0.05, 0) is 49.9 Å². The SMILES string of the molecule is COc1ccc2[nH]c(C3CCN(C(=O)C4CCCO4)CC3)cc2c1. The van der Waals surface area contributed by atoms with Crippen LogP contribution in [-0.4, -0.2) is 48.7 Å². The second-order valence-corrected chi connectivity index (χ2v) is 6.78. The molecule has 5 nitrogen and oxygen atoms in total. The Bertz CT molecular complexity index is 725. The Labute approximate surface area is 141 Å². The molecule has 0 radical (unpaired) electrons. The maximum atomic E-state index is 12.4. The molecule has 2 aliphatic heterocycles. The Kier molecular flexibility index (Phi) is 4.19. The van der Waals surface area contributed by atoms with Gasteiger partial charge in [0.25, 0.3) is 5.91 Å². The number of benzene rings is 1. The normalized spacial score (nSPS) is 22.2. The average molecular weight is 328 g/mol. The smallest absolute Gasteiger partial charge is 0.251 e. The minimum Gasteiger partial charge on any atom is -0.497 e. The van der Waals surface area contributed by atoms with E-state index < -0.39 is 0 Å². The molecule has 1 amide bonds. The van der Waals surface area contributed by atoms with Crippen LogP contribution in [0.5, 0.6) is 5.75 Å². The summed E-state index contributed by atoms with van der Waals surface area (Å²) in [6.45, 7) is 2.37. The van der Waals surface area contributed by atoms with E-state index >= 15 is 0 Å². The molecular formula is C19H24N2O3. The summed E-state index contributed by atoms with van der Waals surface area (Å²) in [4.78, 5) is 18.0. The minimum absolute atomic E-state index is 0.187. The number of nitrogens with zero attached hydrogens (tertiary/aromatic N) is 1. The zero-order chi connectivity index (χ0) is 16.5. The van der Waals surface area contributed by atoms with E-state index in [1.54, 1.807) is 7.11 Å². The molecule has 1 aromatic heterocycles. The van der Waals surface area contributed by atoms with Crippen molar-refractivity contribution in [2.45, 2.75) is 37.7 Å². The zero-order valence-corrected chi connectivity index (χ0v) is 14.1. The lowest BCUT2D eigenvalue weighted by molar-refractivity contribution is -0.142. The Hall–Kier alpha value is -2.01. The van der Waals surface area contributed by atoms with Gasteiger partial charge in [-0.15, -0.1) is 0 Å². The summed E-state index contributed by atoms with van der Waals surface area (Å²) in [5.41, 5.74) is 2.41. The van der Waals surface area contributed by atoms with Crippen molar-refractivity contribution in [1.82, 2.24) is 9.88 Å². The highest BCUT2D eigenvalue weighted by Crippen LogP contribution is 2.31. The fraction of sp³-hybridized carbons (Fsp3) is 0.526. The predicted octanol–water partition coefficient (Wildman–Crippen LogP) is 3.06. The third-order valence-corrected chi connectivity index (χ3v) is 5.30. The highest BCUT2D eigenvalue weighted by atomic mass is 16.5. The predicted molar refractivity (Wildman–Crippen MR) is 92.4 cm³/mol. The number of H-pyrrole nitrogens is 1. The van der Waals surface area contributed by atoms with Crippen molar-refractivity contribution < 1.29 is 14.3 Å². The number of ether oxygens (including phenoxy) is 2. The molecular weight excluding hydrogens is 304 g/mol. The molecule has 0 spiro atoms. The third-order valence-electron chi connectivity index (χ3n) is 5.30. The van der Waals surface area contributed by atoms with E-state index in [-0.39, 0.29) is 12.0 Å². The van der Waals surface area contributed by atoms with E-state index in [9.17, 15) is 4.79 Å². The molecule has 0 saturated carbocycles. The van der Waals surface area contributed by atoms with Crippen molar-refractivity contribution >= 4 is 16.8 Å². The van der Waals surface area contributed by atoms with Gasteiger partial charge < -0.3 is 19.4 Å². The molecule has 2 aromatic rings. The molecule has 0 aliphatic carbocycles. The molecule has 1 unspecified atom stereocenters. The number of amides is 1. The maximum absolute atomic E-state index is 12.4. The molecule has 5 heteroatoms. The topological polar surface area (TPSA) is 54.6 Å². The number of aromatic amines is 1. The summed E-state index contributed by atoms with van der Waals surface area (Å²) in [6.07, 6.45) is 3.70. The Morgan fingerprint density at radius 2 is 2.08 bits per heavy atom. The van der Waals surface area contributed by atoms with E-state index in [2.05, 4.69) is 23.2 Å². The van der Waals surface area contributed by atoms with E-state index in [1.807, 2.05) is 11.0 Å². The van der Waals surface area contributed by atoms with Crippen molar-refractivity contribution in [2.24, 2.45) is 0 Å². The summed E-state index contributed by atoms with van der Waals surface area (Å²) in [7, 11) is 1.69. The molecule has 1 atom stereocenters. The van der Waals surface area contributed by atoms with Crippen LogP contribution in [0.2, 0.25) is 0 Å². The fourth-order valence-corrected chi connectivity index (χ4v) is 3.87. The number of hydrogen-bond acceptors (Lipinski definition) is 3. The van der Waals surface area contributed by atoms with Crippen LogP contribution in [0.3, 0.4) is 0 Å². The molecule has 2 aliphatic rings. The minimum atomic E-state index is -0.193. The van der Waals surface area contributed by atoms with E-state index in [0.29, 0.717) is 5.92 Å². The van der Waals surface area contributed by atoms with Crippen LogP contribution in [0.4, 0.5) is 0 Å². The number of likely N-dealkylation sites (tertiary alicyclic amines) is 1. The summed E-state index contributed by atoms with van der Waals surface area (Å²) in [5.74, 6) is 1.55. The molecule has 2 fully saturated rings. The van der Waals surface area contributed by atoms with Gasteiger partial charge in [0.2, 0.25) is 0 Å². The van der Waals surface area contributed by atoms with Crippen LogP contribution in [0.25, 0.3) is 10.9 Å². The van der Waals surface area contributed by atoms with Crippen LogP contribution in [-0.2, 0) is 9.53 Å². The highest BCUT2D eigenvalue weighted by Gasteiger charge is 2.31. The van der Waals surface area contributed by atoms with Crippen molar-refractivity contribution in [1.29, 1.82) is 0 Å². The summed E-state index contributed by atoms with van der Waals surface area (Å²) >= 11 is 0. The molecule has 4 rings (SSSR count). The molecule has 24 heavy (non-hydrogen) atoms. The number of rotatable bonds is 3. The van der Waals surface area contributed by atoms with Gasteiger partial charge in [0.1, 0.15) is 11.9 Å². The van der Waals surface area contributed by atoms with Crippen molar-refractivity contribution in [3.63, 3.8) is 0 Å². The van der Waals surface area contributed by atoms with Gasteiger partial charge in [-0.3, -0.25) is 4.79 Å². The van der Waals surface area contributed by atoms with Crippen LogP contribution in [0.1, 0.15) is 37.3 Å². The molecule has 128 valence electrons. The first-order valence-electron chi connectivity index (χ1n) is 8.81. The van der Waals surface area contributed by atoms with Crippen molar-refractivity contribution in [3.05, 3.63) is 30.0 Å². The van der Waals surface area contributed by atoms with Crippen LogP contribution in [0.15, 0.2) is 24.3 Å². The number of carbonyl (C=O) groups excluding carboxylic acids is 1. The van der Waals surface area contributed by atoms with Gasteiger partial charge >= 0.3 is 0 Å². The number of methoxy groups -OCH3 is 1. The molecule has 3 heterocycles. The summed E-state index contributed by atoms with van der Waals surface area (Å²) < 4.78 is 10.8. The second-order valence-electron chi connectivity index (χ2n) is 6.78. The number of piperidine rings is 1. The number of carbonyl (C=O) groups is 1. The van der Waals surface area contributed by atoms with Crippen molar-refractivity contribution in [3.8, 4) is 5.75 Å². The Balaban J connectivity index is 1.42. The molecule has 1 aromatic carbocycles. The fourth-order valence-electron chi connectivity index (χ4n) is 3.87. The standard InChI is InChI=1S/C19H24N2O3/c1-23-15-4-5-16-14(11-15)12-17(20-16)13-6-8-21(9-7-13)19(22)18-3-2-10-24-18/h4-5,11-13,18,20H,2-3,6-10H2,1H3. The van der Waals surface area contributed by atoms with Crippen molar-refractivity contribution in [2.75, 3.05) is 26.8 Å². The van der Waals surface area contributed by atoms with Crippen LogP contribution in [0, 0.1) is 0 Å². The first-order valence-corrected chi connectivity index (χ1v) is 8.81. The van der Waals surface area contributed by atoms with Gasteiger partial charge in [-0.1, -0.05) is 0 Å². The third kappa shape index (κ3) is 2.88. The number of hydrogen-bond donors (Lipinski definition) is 1. The lowest BCUT2D eigenvalue weighted by Crippen LogP contribution is -2.43. The quantitative estimate of drug-likeness (QED) is 0.942. The summed E-state index contributed by atoms with van der Waals surface area (Å²) in [5, 5.41) is 1.18. The van der Waals surface area contributed by atoms with Gasteiger partial charge in [0, 0.05) is 42.2 Å². The number of nitrogens with one attached hydrogen (secondary N) is 1. The highest BCUT2D eigenvalue weighted by molar-refractivity contribution is 5.82. The van der Waals surface area contributed by atoms with Gasteiger partial charge in [0.05, 0.1) is 7.11 Å². The second kappa shape index (κ2) is 6.48. The lowest BCUT2D eigenvalue weighted by Gasteiger charge is -2.33. The van der Waals surface area contributed by atoms with Crippen LogP contribution < -0.4 is 4.74 Å². The lowest BCUT2D eigenvalue weighted by atomic mass is 9.93. The van der Waals surface area contributed by atoms with Gasteiger partial charge in [-0.2, -0.15) is 0 Å². The van der Waals surface area contributed by atoms with Gasteiger partial charge in [0.15, 0.2) is 0 Å².